The summed E-state index contributed by atoms with van der Waals surface area (Å²) in [4.78, 5) is 0.356. The highest BCUT2D eigenvalue weighted by Crippen LogP contribution is 2.23. The van der Waals surface area contributed by atoms with Crippen molar-refractivity contribution in [2.75, 3.05) is 5.32 Å². The molecule has 0 aliphatic carbocycles. The van der Waals surface area contributed by atoms with Crippen LogP contribution in [0.5, 0.6) is 0 Å². The fourth-order valence-electron chi connectivity index (χ4n) is 2.99. The number of anilines is 1. The smallest absolute Gasteiger partial charge is 0.288 e. The van der Waals surface area contributed by atoms with E-state index in [1.807, 2.05) is 55.7 Å². The molecule has 0 atom stereocenters. The van der Waals surface area contributed by atoms with Crippen molar-refractivity contribution in [1.29, 1.82) is 0 Å². The maximum atomic E-state index is 13.4. The van der Waals surface area contributed by atoms with E-state index in [9.17, 15) is 9.50 Å². The van der Waals surface area contributed by atoms with Gasteiger partial charge >= 0.3 is 0 Å². The highest BCUT2D eigenvalue weighted by atomic mass is 32.1. The van der Waals surface area contributed by atoms with Crippen molar-refractivity contribution in [3.8, 4) is 0 Å². The van der Waals surface area contributed by atoms with Crippen LogP contribution in [0.15, 0.2) is 73.1 Å². The van der Waals surface area contributed by atoms with Gasteiger partial charge in [-0.2, -0.15) is 4.57 Å². The average molecular weight is 422 g/mol. The molecule has 0 bridgehead atoms. The minimum absolute atomic E-state index is 0.00261. The molecule has 0 amide bonds. The number of thiocarbonyl (C=S) groups is 1. The maximum absolute atomic E-state index is 13.4. The normalized spacial score (nSPS) is 12.3. The SMILES string of the molecule is Cc1ccc(NC(=S)C(=C(O)c2ccc(F)cc2)[n+]2ccc(C(C)(C)C)cc2)cc1. The summed E-state index contributed by atoms with van der Waals surface area (Å²) in [7, 11) is 0. The molecule has 0 fully saturated rings. The van der Waals surface area contributed by atoms with Crippen molar-refractivity contribution in [3.63, 3.8) is 0 Å². The van der Waals surface area contributed by atoms with E-state index in [2.05, 4.69) is 26.1 Å². The lowest BCUT2D eigenvalue weighted by Crippen LogP contribution is -2.39. The number of halogens is 1. The number of nitrogens with zero attached hydrogens (tertiary/aromatic N) is 1. The van der Waals surface area contributed by atoms with Gasteiger partial charge in [0.1, 0.15) is 5.82 Å². The highest BCUT2D eigenvalue weighted by Gasteiger charge is 2.25. The topological polar surface area (TPSA) is 36.1 Å². The average Bonchev–Trinajstić information content (AvgIpc) is 2.70. The largest absolute Gasteiger partial charge is 0.502 e. The van der Waals surface area contributed by atoms with E-state index in [0.717, 1.165) is 16.8 Å². The first-order valence-electron chi connectivity index (χ1n) is 9.74. The van der Waals surface area contributed by atoms with Gasteiger partial charge in [0.15, 0.2) is 23.1 Å². The number of benzene rings is 2. The number of aryl methyl sites for hydroxylation is 1. The molecule has 3 rings (SSSR count). The third kappa shape index (κ3) is 5.10. The van der Waals surface area contributed by atoms with Crippen molar-refractivity contribution in [2.24, 2.45) is 0 Å². The molecule has 3 aromatic rings. The molecule has 0 unspecified atom stereocenters. The minimum atomic E-state index is -0.365. The molecule has 0 aliphatic rings. The Morgan fingerprint density at radius 1 is 0.933 bits per heavy atom. The van der Waals surface area contributed by atoms with Gasteiger partial charge in [0.25, 0.3) is 5.70 Å². The monoisotopic (exact) mass is 421 g/mol. The fourth-order valence-corrected chi connectivity index (χ4v) is 3.31. The zero-order valence-corrected chi connectivity index (χ0v) is 18.4. The van der Waals surface area contributed by atoms with Gasteiger partial charge in [0, 0.05) is 23.4 Å². The van der Waals surface area contributed by atoms with Crippen molar-refractivity contribution in [1.82, 2.24) is 0 Å². The van der Waals surface area contributed by atoms with Crippen molar-refractivity contribution < 1.29 is 14.1 Å². The van der Waals surface area contributed by atoms with Crippen LogP contribution in [-0.2, 0) is 5.41 Å². The molecule has 0 spiro atoms. The van der Waals surface area contributed by atoms with Crippen molar-refractivity contribution in [2.45, 2.75) is 33.1 Å². The van der Waals surface area contributed by atoms with Gasteiger partial charge in [-0.25, -0.2) is 4.39 Å². The van der Waals surface area contributed by atoms with Gasteiger partial charge in [-0.3, -0.25) is 0 Å². The van der Waals surface area contributed by atoms with Crippen LogP contribution in [0.4, 0.5) is 10.1 Å². The minimum Gasteiger partial charge on any atom is -0.502 e. The molecule has 0 saturated carbocycles. The molecule has 1 aromatic heterocycles. The molecule has 3 nitrogen and oxygen atoms in total. The molecule has 2 N–H and O–H groups in total. The molecular formula is C25H26FN2OS+. The number of hydrogen-bond acceptors (Lipinski definition) is 2. The second-order valence-electron chi connectivity index (χ2n) is 8.27. The molecule has 0 radical (unpaired) electrons. The third-order valence-corrected chi connectivity index (χ3v) is 5.12. The van der Waals surface area contributed by atoms with Crippen LogP contribution < -0.4 is 9.88 Å². The zero-order valence-electron chi connectivity index (χ0n) is 17.6. The van der Waals surface area contributed by atoms with Gasteiger partial charge in [-0.15, -0.1) is 0 Å². The van der Waals surface area contributed by atoms with Crippen LogP contribution in [0.1, 0.15) is 37.5 Å². The highest BCUT2D eigenvalue weighted by molar-refractivity contribution is 7.81. The van der Waals surface area contributed by atoms with Crippen molar-refractivity contribution in [3.05, 3.63) is 95.6 Å². The van der Waals surface area contributed by atoms with Gasteiger partial charge < -0.3 is 10.4 Å². The first-order chi connectivity index (χ1) is 14.1. The number of rotatable bonds is 4. The number of nitrogens with one attached hydrogen (secondary N) is 1. The second-order valence-corrected chi connectivity index (χ2v) is 8.68. The van der Waals surface area contributed by atoms with Gasteiger partial charge in [0.2, 0.25) is 0 Å². The van der Waals surface area contributed by atoms with Crippen LogP contribution >= 0.6 is 12.2 Å². The Labute approximate surface area is 182 Å². The summed E-state index contributed by atoms with van der Waals surface area (Å²) in [6.45, 7) is 8.44. The van der Waals surface area contributed by atoms with Crippen LogP contribution in [0.25, 0.3) is 11.5 Å². The Morgan fingerprint density at radius 2 is 1.50 bits per heavy atom. The zero-order chi connectivity index (χ0) is 21.9. The summed E-state index contributed by atoms with van der Waals surface area (Å²) in [6.07, 6.45) is 3.75. The van der Waals surface area contributed by atoms with E-state index in [1.165, 1.54) is 24.3 Å². The van der Waals surface area contributed by atoms with E-state index >= 15 is 0 Å². The molecule has 2 aromatic carbocycles. The number of aliphatic hydroxyl groups is 1. The van der Waals surface area contributed by atoms with Crippen molar-refractivity contribution >= 4 is 34.3 Å². The first-order valence-corrected chi connectivity index (χ1v) is 10.2. The standard InChI is InChI=1S/C25H25FN2OS/c1-17-5-11-21(12-6-17)27-24(30)22(23(29)18-7-9-20(26)10-8-18)28-15-13-19(14-16-28)25(2,3)4/h5-16H,1-4H3,(H-,27,29,30)/p+1. The Kier molecular flexibility index (Phi) is 6.32. The predicted molar refractivity (Wildman–Crippen MR) is 125 cm³/mol. The Morgan fingerprint density at radius 3 is 2.03 bits per heavy atom. The van der Waals surface area contributed by atoms with E-state index < -0.39 is 0 Å². The van der Waals surface area contributed by atoms with E-state index in [-0.39, 0.29) is 17.0 Å². The quantitative estimate of drug-likeness (QED) is 0.233. The Hall–Kier alpha value is -3.05. The number of hydrogen-bond donors (Lipinski definition) is 2. The number of pyridine rings is 1. The Balaban J connectivity index is 2.06. The van der Waals surface area contributed by atoms with Crippen LogP contribution in [0.3, 0.4) is 0 Å². The van der Waals surface area contributed by atoms with E-state index in [0.29, 0.717) is 16.2 Å². The van der Waals surface area contributed by atoms with Gasteiger partial charge in [-0.1, -0.05) is 50.7 Å². The number of aromatic nitrogens is 1. The summed E-state index contributed by atoms with van der Waals surface area (Å²) < 4.78 is 15.1. The van der Waals surface area contributed by atoms with Crippen LogP contribution in [-0.4, -0.2) is 10.1 Å². The summed E-state index contributed by atoms with van der Waals surface area (Å²) in [5.74, 6) is -0.399. The molecule has 1 heterocycles. The predicted octanol–water partition coefficient (Wildman–Crippen LogP) is 6.04. The van der Waals surface area contributed by atoms with Gasteiger partial charge in [0.05, 0.1) is 0 Å². The van der Waals surface area contributed by atoms with Gasteiger partial charge in [-0.05, 0) is 54.3 Å². The summed E-state index contributed by atoms with van der Waals surface area (Å²) >= 11 is 5.66. The summed E-state index contributed by atoms with van der Waals surface area (Å²) in [5.41, 5.74) is 4.02. The second kappa shape index (κ2) is 8.76. The lowest BCUT2D eigenvalue weighted by Gasteiger charge is -2.18. The van der Waals surface area contributed by atoms with Crippen LogP contribution in [0.2, 0.25) is 0 Å². The lowest BCUT2D eigenvalue weighted by atomic mass is 9.88. The van der Waals surface area contributed by atoms with E-state index in [1.54, 1.807) is 4.57 Å². The van der Waals surface area contributed by atoms with E-state index in [4.69, 9.17) is 12.2 Å². The van der Waals surface area contributed by atoms with Crippen LogP contribution in [0, 0.1) is 12.7 Å². The third-order valence-electron chi connectivity index (χ3n) is 4.82. The first kappa shape index (κ1) is 21.7. The summed E-state index contributed by atoms with van der Waals surface area (Å²) in [6, 6.07) is 17.5. The molecule has 30 heavy (non-hydrogen) atoms. The molecular weight excluding hydrogens is 395 g/mol. The Bertz CT molecular complexity index is 1060. The molecule has 0 aliphatic heterocycles. The lowest BCUT2D eigenvalue weighted by molar-refractivity contribution is -0.575. The molecule has 0 saturated heterocycles. The maximum Gasteiger partial charge on any atom is 0.288 e. The molecule has 5 heteroatoms. The number of aliphatic hydroxyl groups excluding tert-OH is 1. The summed E-state index contributed by atoms with van der Waals surface area (Å²) in [5, 5.41) is 14.2. The fraction of sp³-hybridized carbons (Fsp3) is 0.200. The molecule has 154 valence electrons.